The molecule has 1 aliphatic heterocycles. The highest BCUT2D eigenvalue weighted by Gasteiger charge is 2.22. The average Bonchev–Trinajstić information content (AvgIpc) is 2.53. The van der Waals surface area contributed by atoms with Crippen LogP contribution in [-0.4, -0.2) is 65.2 Å². The third-order valence-corrected chi connectivity index (χ3v) is 3.40. The van der Waals surface area contributed by atoms with E-state index in [1.54, 1.807) is 28.1 Å². The van der Waals surface area contributed by atoms with Gasteiger partial charge >= 0.3 is 0 Å². The van der Waals surface area contributed by atoms with E-state index < -0.39 is 0 Å². The van der Waals surface area contributed by atoms with E-state index in [-0.39, 0.29) is 24.3 Å². The fourth-order valence-corrected chi connectivity index (χ4v) is 2.14. The molecule has 1 N–H and O–H groups in total. The minimum absolute atomic E-state index is 0.0204. The lowest BCUT2D eigenvalue weighted by atomic mass is 10.2. The lowest BCUT2D eigenvalue weighted by Crippen LogP contribution is -2.52. The summed E-state index contributed by atoms with van der Waals surface area (Å²) in [4.78, 5) is 42.2. The molecule has 7 heteroatoms. The molecule has 3 amide bonds. The van der Waals surface area contributed by atoms with Crippen LogP contribution in [0, 0.1) is 0 Å². The summed E-state index contributed by atoms with van der Waals surface area (Å²) in [6.45, 7) is 3.55. The summed E-state index contributed by atoms with van der Waals surface area (Å²) in [5.74, 6) is -0.443. The molecule has 2 rings (SSSR count). The Hall–Kier alpha value is -2.44. The van der Waals surface area contributed by atoms with E-state index in [9.17, 15) is 14.4 Å². The molecule has 21 heavy (non-hydrogen) atoms. The van der Waals surface area contributed by atoms with Gasteiger partial charge in [0.05, 0.1) is 12.1 Å². The van der Waals surface area contributed by atoms with Gasteiger partial charge in [0.2, 0.25) is 11.8 Å². The number of amides is 3. The van der Waals surface area contributed by atoms with Gasteiger partial charge in [-0.05, 0) is 12.1 Å². The van der Waals surface area contributed by atoms with E-state index in [4.69, 9.17) is 0 Å². The van der Waals surface area contributed by atoms with E-state index in [1.165, 1.54) is 13.1 Å². The number of carbonyl (C=O) groups excluding carboxylic acids is 3. The van der Waals surface area contributed by atoms with Crippen LogP contribution in [-0.2, 0) is 9.59 Å². The molecule has 0 aliphatic carbocycles. The van der Waals surface area contributed by atoms with Crippen LogP contribution in [0.15, 0.2) is 24.5 Å². The molecule has 2 heterocycles. The van der Waals surface area contributed by atoms with Crippen LogP contribution < -0.4 is 5.32 Å². The highest BCUT2D eigenvalue weighted by Crippen LogP contribution is 2.02. The first-order valence-corrected chi connectivity index (χ1v) is 6.79. The minimum Gasteiger partial charge on any atom is -0.343 e. The fraction of sp³-hybridized carbons (Fsp3) is 0.429. The van der Waals surface area contributed by atoms with Gasteiger partial charge in [0.15, 0.2) is 0 Å². The smallest absolute Gasteiger partial charge is 0.253 e. The Morgan fingerprint density at radius 3 is 2.43 bits per heavy atom. The van der Waals surface area contributed by atoms with E-state index in [0.29, 0.717) is 31.7 Å². The first-order chi connectivity index (χ1) is 10.1. The topological polar surface area (TPSA) is 82.6 Å². The zero-order chi connectivity index (χ0) is 15.2. The number of piperazine rings is 1. The summed E-state index contributed by atoms with van der Waals surface area (Å²) in [5.41, 5.74) is 0.423. The third-order valence-electron chi connectivity index (χ3n) is 3.40. The Labute approximate surface area is 122 Å². The Bertz CT molecular complexity index is 524. The van der Waals surface area contributed by atoms with Crippen LogP contribution in [0.3, 0.4) is 0 Å². The van der Waals surface area contributed by atoms with E-state index in [2.05, 4.69) is 10.3 Å². The summed E-state index contributed by atoms with van der Waals surface area (Å²) < 4.78 is 0. The molecular formula is C14H18N4O3. The normalized spacial score (nSPS) is 14.7. The van der Waals surface area contributed by atoms with Gasteiger partial charge in [-0.1, -0.05) is 0 Å². The Balaban J connectivity index is 1.78. The van der Waals surface area contributed by atoms with Crippen molar-refractivity contribution >= 4 is 17.7 Å². The van der Waals surface area contributed by atoms with Gasteiger partial charge in [0.1, 0.15) is 0 Å². The summed E-state index contributed by atoms with van der Waals surface area (Å²) in [7, 11) is 0. The standard InChI is InChI=1S/C14H18N4O3/c1-11(19)17-5-7-18(8-6-17)13(20)10-16-14(21)12-3-2-4-15-9-12/h2-4,9H,5-8,10H2,1H3,(H,16,21). The van der Waals surface area contributed by atoms with Gasteiger partial charge in [-0.2, -0.15) is 0 Å². The largest absolute Gasteiger partial charge is 0.343 e. The van der Waals surface area contributed by atoms with Crippen molar-refractivity contribution in [3.05, 3.63) is 30.1 Å². The summed E-state index contributed by atoms with van der Waals surface area (Å²) in [5, 5.41) is 2.58. The first kappa shape index (κ1) is 15.0. The monoisotopic (exact) mass is 290 g/mol. The molecule has 0 radical (unpaired) electrons. The molecule has 0 atom stereocenters. The van der Waals surface area contributed by atoms with Crippen molar-refractivity contribution in [1.82, 2.24) is 20.1 Å². The summed E-state index contributed by atoms with van der Waals surface area (Å²) >= 11 is 0. The zero-order valence-electron chi connectivity index (χ0n) is 11.9. The van der Waals surface area contributed by atoms with Crippen LogP contribution in [0.4, 0.5) is 0 Å². The number of hydrogen-bond donors (Lipinski definition) is 1. The van der Waals surface area contributed by atoms with Crippen molar-refractivity contribution in [2.24, 2.45) is 0 Å². The molecule has 0 unspecified atom stereocenters. The number of hydrogen-bond acceptors (Lipinski definition) is 4. The lowest BCUT2D eigenvalue weighted by Gasteiger charge is -2.34. The van der Waals surface area contributed by atoms with Gasteiger partial charge in [-0.15, -0.1) is 0 Å². The second-order valence-corrected chi connectivity index (χ2v) is 4.81. The van der Waals surface area contributed by atoms with Gasteiger partial charge in [0.25, 0.3) is 5.91 Å². The lowest BCUT2D eigenvalue weighted by molar-refractivity contribution is -0.137. The first-order valence-electron chi connectivity index (χ1n) is 6.79. The van der Waals surface area contributed by atoms with E-state index >= 15 is 0 Å². The molecule has 0 saturated carbocycles. The van der Waals surface area contributed by atoms with Crippen LogP contribution in [0.5, 0.6) is 0 Å². The van der Waals surface area contributed by atoms with Crippen LogP contribution in [0.2, 0.25) is 0 Å². The third kappa shape index (κ3) is 4.01. The maximum absolute atomic E-state index is 12.0. The zero-order valence-corrected chi connectivity index (χ0v) is 11.9. The molecule has 0 aromatic carbocycles. The predicted molar refractivity (Wildman–Crippen MR) is 75.4 cm³/mol. The van der Waals surface area contributed by atoms with E-state index in [1.807, 2.05) is 0 Å². The van der Waals surface area contributed by atoms with Crippen molar-refractivity contribution in [1.29, 1.82) is 0 Å². The van der Waals surface area contributed by atoms with Crippen LogP contribution >= 0.6 is 0 Å². The van der Waals surface area contributed by atoms with Gasteiger partial charge in [-0.25, -0.2) is 0 Å². The number of aromatic nitrogens is 1. The van der Waals surface area contributed by atoms with Crippen molar-refractivity contribution < 1.29 is 14.4 Å². The Kier molecular flexibility index (Phi) is 4.86. The van der Waals surface area contributed by atoms with Crippen LogP contribution in [0.25, 0.3) is 0 Å². The minimum atomic E-state index is -0.321. The fourth-order valence-electron chi connectivity index (χ4n) is 2.14. The number of carbonyl (C=O) groups is 3. The molecule has 112 valence electrons. The van der Waals surface area contributed by atoms with Crippen molar-refractivity contribution in [2.75, 3.05) is 32.7 Å². The van der Waals surface area contributed by atoms with Crippen molar-refractivity contribution in [2.45, 2.75) is 6.92 Å². The highest BCUT2D eigenvalue weighted by molar-refractivity contribution is 5.96. The summed E-state index contributed by atoms with van der Waals surface area (Å²) in [6, 6.07) is 3.30. The predicted octanol–water partition coefficient (Wildman–Crippen LogP) is -0.498. The van der Waals surface area contributed by atoms with Crippen molar-refractivity contribution in [3.8, 4) is 0 Å². The Morgan fingerprint density at radius 2 is 1.86 bits per heavy atom. The SMILES string of the molecule is CC(=O)N1CCN(C(=O)CNC(=O)c2cccnc2)CC1. The van der Waals surface area contributed by atoms with Crippen LogP contribution in [0.1, 0.15) is 17.3 Å². The maximum Gasteiger partial charge on any atom is 0.253 e. The van der Waals surface area contributed by atoms with E-state index in [0.717, 1.165) is 0 Å². The number of rotatable bonds is 3. The molecule has 1 fully saturated rings. The molecule has 0 spiro atoms. The molecule has 1 aromatic heterocycles. The summed E-state index contributed by atoms with van der Waals surface area (Å²) in [6.07, 6.45) is 3.03. The highest BCUT2D eigenvalue weighted by atomic mass is 16.2. The molecular weight excluding hydrogens is 272 g/mol. The quantitative estimate of drug-likeness (QED) is 0.814. The number of nitrogens with one attached hydrogen (secondary N) is 1. The molecule has 1 aromatic rings. The van der Waals surface area contributed by atoms with Gasteiger partial charge < -0.3 is 15.1 Å². The van der Waals surface area contributed by atoms with Crippen molar-refractivity contribution in [3.63, 3.8) is 0 Å². The molecule has 0 bridgehead atoms. The number of nitrogens with zero attached hydrogens (tertiary/aromatic N) is 3. The molecule has 1 aliphatic rings. The second kappa shape index (κ2) is 6.83. The average molecular weight is 290 g/mol. The maximum atomic E-state index is 12.0. The van der Waals surface area contributed by atoms with Gasteiger partial charge in [0, 0.05) is 45.5 Å². The van der Waals surface area contributed by atoms with Gasteiger partial charge in [-0.3, -0.25) is 19.4 Å². The Morgan fingerprint density at radius 1 is 1.19 bits per heavy atom. The second-order valence-electron chi connectivity index (χ2n) is 4.81. The number of pyridine rings is 1. The molecule has 7 nitrogen and oxygen atoms in total. The molecule has 1 saturated heterocycles.